The van der Waals surface area contributed by atoms with Gasteiger partial charge in [-0.25, -0.2) is 5.10 Å². The predicted octanol–water partition coefficient (Wildman–Crippen LogP) is 3.41. The summed E-state index contributed by atoms with van der Waals surface area (Å²) in [6, 6.07) is 13.6. The van der Waals surface area contributed by atoms with Gasteiger partial charge >= 0.3 is 0 Å². The van der Waals surface area contributed by atoms with Gasteiger partial charge in [-0.15, -0.1) is 0 Å². The van der Waals surface area contributed by atoms with Gasteiger partial charge in [0, 0.05) is 6.07 Å². The van der Waals surface area contributed by atoms with Gasteiger partial charge in [-0.1, -0.05) is 24.3 Å². The Kier molecular flexibility index (Phi) is 4.66. The molecule has 0 spiro atoms. The van der Waals surface area contributed by atoms with E-state index in [1.54, 1.807) is 31.4 Å². The Hall–Kier alpha value is -3.33. The molecule has 9 heteroatoms. The summed E-state index contributed by atoms with van der Waals surface area (Å²) in [7, 11) is 1.56. The van der Waals surface area contributed by atoms with E-state index < -0.39 is 4.92 Å². The predicted molar refractivity (Wildman–Crippen MR) is 95.5 cm³/mol. The summed E-state index contributed by atoms with van der Waals surface area (Å²) < 4.78 is 6.99. The molecule has 126 valence electrons. The van der Waals surface area contributed by atoms with Crippen molar-refractivity contribution in [3.8, 4) is 17.1 Å². The summed E-state index contributed by atoms with van der Waals surface area (Å²) in [6.45, 7) is 0. The lowest BCUT2D eigenvalue weighted by molar-refractivity contribution is -0.385. The summed E-state index contributed by atoms with van der Waals surface area (Å²) in [5.41, 5.74) is 1.01. The minimum absolute atomic E-state index is 0.0416. The van der Waals surface area contributed by atoms with Crippen molar-refractivity contribution in [3.63, 3.8) is 0 Å². The first kappa shape index (κ1) is 16.5. The standard InChI is InChI=1S/C16H13N5O3S/c1-24-14-9-5-3-7-12(14)15-18-19-16(25)20(15)17-10-11-6-2-4-8-13(11)21(22)23/h2-10H,1H3,(H,19,25). The lowest BCUT2D eigenvalue weighted by Crippen LogP contribution is -1.99. The number of nitrogens with one attached hydrogen (secondary N) is 1. The smallest absolute Gasteiger partial charge is 0.278 e. The van der Waals surface area contributed by atoms with Crippen LogP contribution in [0.4, 0.5) is 5.69 Å². The number of nitro groups is 1. The van der Waals surface area contributed by atoms with Crippen LogP contribution in [0.3, 0.4) is 0 Å². The van der Waals surface area contributed by atoms with E-state index in [0.29, 0.717) is 22.7 Å². The number of ether oxygens (including phenoxy) is 1. The zero-order valence-corrected chi connectivity index (χ0v) is 13.9. The van der Waals surface area contributed by atoms with Gasteiger partial charge in [0.1, 0.15) is 5.75 Å². The number of aromatic nitrogens is 3. The average Bonchev–Trinajstić information content (AvgIpc) is 3.00. The first-order valence-electron chi connectivity index (χ1n) is 7.20. The monoisotopic (exact) mass is 355 g/mol. The number of hydrogen-bond donors (Lipinski definition) is 1. The van der Waals surface area contributed by atoms with Crippen molar-refractivity contribution in [3.05, 3.63) is 69.0 Å². The SMILES string of the molecule is COc1ccccc1-c1n[nH]c(=S)n1N=Cc1ccccc1[N+](=O)[O-]. The highest BCUT2D eigenvalue weighted by atomic mass is 32.1. The van der Waals surface area contributed by atoms with E-state index >= 15 is 0 Å². The molecule has 0 radical (unpaired) electrons. The van der Waals surface area contributed by atoms with Crippen LogP contribution < -0.4 is 4.74 Å². The molecule has 0 unspecified atom stereocenters. The normalized spacial score (nSPS) is 10.9. The van der Waals surface area contributed by atoms with Gasteiger partial charge in [-0.3, -0.25) is 10.1 Å². The molecule has 1 heterocycles. The van der Waals surface area contributed by atoms with E-state index in [9.17, 15) is 10.1 Å². The van der Waals surface area contributed by atoms with Gasteiger partial charge in [0.25, 0.3) is 5.69 Å². The fourth-order valence-corrected chi connectivity index (χ4v) is 2.46. The zero-order valence-electron chi connectivity index (χ0n) is 13.1. The number of rotatable bonds is 5. The number of methoxy groups -OCH3 is 1. The zero-order chi connectivity index (χ0) is 17.8. The molecule has 0 amide bonds. The fraction of sp³-hybridized carbons (Fsp3) is 0.0625. The Balaban J connectivity index is 2.07. The van der Waals surface area contributed by atoms with Crippen molar-refractivity contribution in [1.82, 2.24) is 14.9 Å². The van der Waals surface area contributed by atoms with E-state index in [-0.39, 0.29) is 10.5 Å². The third-order valence-corrected chi connectivity index (χ3v) is 3.71. The summed E-state index contributed by atoms with van der Waals surface area (Å²) in [6.07, 6.45) is 1.38. The maximum absolute atomic E-state index is 11.1. The highest BCUT2D eigenvalue weighted by molar-refractivity contribution is 7.71. The molecule has 0 saturated carbocycles. The van der Waals surface area contributed by atoms with Crippen LogP contribution in [0.25, 0.3) is 11.4 Å². The molecular weight excluding hydrogens is 342 g/mol. The Morgan fingerprint density at radius 3 is 2.76 bits per heavy atom. The molecule has 0 aliphatic rings. The van der Waals surface area contributed by atoms with Crippen LogP contribution in [0.1, 0.15) is 5.56 Å². The topological polar surface area (TPSA) is 98.3 Å². The molecule has 8 nitrogen and oxygen atoms in total. The average molecular weight is 355 g/mol. The van der Waals surface area contributed by atoms with Gasteiger partial charge in [-0.05, 0) is 30.4 Å². The molecule has 0 fully saturated rings. The second-order valence-electron chi connectivity index (χ2n) is 4.92. The van der Waals surface area contributed by atoms with E-state index in [2.05, 4.69) is 15.3 Å². The summed E-state index contributed by atoms with van der Waals surface area (Å²) in [5, 5.41) is 22.2. The Morgan fingerprint density at radius 1 is 1.28 bits per heavy atom. The Morgan fingerprint density at radius 2 is 2.00 bits per heavy atom. The molecule has 25 heavy (non-hydrogen) atoms. The molecule has 3 aromatic rings. The maximum atomic E-state index is 11.1. The fourth-order valence-electron chi connectivity index (χ4n) is 2.29. The number of H-pyrrole nitrogens is 1. The van der Waals surface area contributed by atoms with Gasteiger partial charge < -0.3 is 4.74 Å². The van der Waals surface area contributed by atoms with Crippen molar-refractivity contribution in [1.29, 1.82) is 0 Å². The second kappa shape index (κ2) is 7.05. The molecule has 3 rings (SSSR count). The molecule has 2 aromatic carbocycles. The van der Waals surface area contributed by atoms with Crippen molar-refractivity contribution in [2.24, 2.45) is 5.10 Å². The second-order valence-corrected chi connectivity index (χ2v) is 5.31. The third kappa shape index (κ3) is 3.31. The van der Waals surface area contributed by atoms with Crippen LogP contribution >= 0.6 is 12.2 Å². The first-order valence-corrected chi connectivity index (χ1v) is 7.61. The van der Waals surface area contributed by atoms with Gasteiger partial charge in [0.2, 0.25) is 4.77 Å². The van der Waals surface area contributed by atoms with Gasteiger partial charge in [0.05, 0.1) is 29.4 Å². The minimum Gasteiger partial charge on any atom is -0.496 e. The quantitative estimate of drug-likeness (QED) is 0.327. The minimum atomic E-state index is -0.461. The number of hydrogen-bond acceptors (Lipinski definition) is 6. The lowest BCUT2D eigenvalue weighted by atomic mass is 10.2. The molecule has 0 atom stereocenters. The van der Waals surface area contributed by atoms with E-state index in [1.807, 2.05) is 18.2 Å². The summed E-state index contributed by atoms with van der Waals surface area (Å²) in [5.74, 6) is 1.05. The molecule has 0 aliphatic carbocycles. The Labute approximate surface area is 147 Å². The van der Waals surface area contributed by atoms with Crippen LogP contribution in [0.5, 0.6) is 5.75 Å². The van der Waals surface area contributed by atoms with Crippen LogP contribution in [0, 0.1) is 14.9 Å². The van der Waals surface area contributed by atoms with Gasteiger partial charge in [0.15, 0.2) is 5.82 Å². The van der Waals surface area contributed by atoms with Crippen LogP contribution in [0.2, 0.25) is 0 Å². The third-order valence-electron chi connectivity index (χ3n) is 3.44. The summed E-state index contributed by atoms with van der Waals surface area (Å²) in [4.78, 5) is 10.6. The number of para-hydroxylation sites is 2. The molecule has 0 bridgehead atoms. The lowest BCUT2D eigenvalue weighted by Gasteiger charge is -2.06. The van der Waals surface area contributed by atoms with E-state index in [0.717, 1.165) is 0 Å². The Bertz CT molecular complexity index is 1010. The number of benzene rings is 2. The van der Waals surface area contributed by atoms with Crippen molar-refractivity contribution in [2.75, 3.05) is 7.11 Å². The molecule has 0 aliphatic heterocycles. The van der Waals surface area contributed by atoms with E-state index in [1.165, 1.54) is 17.0 Å². The highest BCUT2D eigenvalue weighted by Gasteiger charge is 2.14. The van der Waals surface area contributed by atoms with Crippen LogP contribution in [-0.4, -0.2) is 33.1 Å². The molecule has 0 saturated heterocycles. The van der Waals surface area contributed by atoms with Gasteiger partial charge in [-0.2, -0.15) is 14.9 Å². The molecule has 1 aromatic heterocycles. The highest BCUT2D eigenvalue weighted by Crippen LogP contribution is 2.28. The first-order chi connectivity index (χ1) is 12.1. The van der Waals surface area contributed by atoms with Crippen LogP contribution in [-0.2, 0) is 0 Å². The van der Waals surface area contributed by atoms with Crippen molar-refractivity contribution >= 4 is 24.1 Å². The number of aromatic amines is 1. The maximum Gasteiger partial charge on any atom is 0.278 e. The largest absolute Gasteiger partial charge is 0.496 e. The summed E-state index contributed by atoms with van der Waals surface area (Å²) >= 11 is 5.21. The molecule has 1 N–H and O–H groups in total. The number of nitrogens with zero attached hydrogens (tertiary/aromatic N) is 4. The molecular formula is C16H13N5O3S. The van der Waals surface area contributed by atoms with Crippen LogP contribution in [0.15, 0.2) is 53.6 Å². The number of nitro benzene ring substituents is 1. The van der Waals surface area contributed by atoms with Crippen molar-refractivity contribution < 1.29 is 9.66 Å². The van der Waals surface area contributed by atoms with E-state index in [4.69, 9.17) is 17.0 Å². The van der Waals surface area contributed by atoms with Crippen molar-refractivity contribution in [2.45, 2.75) is 0 Å².